The zero-order valence-electron chi connectivity index (χ0n) is 7.29. The predicted octanol–water partition coefficient (Wildman–Crippen LogP) is 2.74. The maximum atomic E-state index is 5.22. The molecule has 1 aromatic carbocycles. The molecule has 0 saturated carbocycles. The van der Waals surface area contributed by atoms with Crippen molar-refractivity contribution >= 4 is 28.5 Å². The van der Waals surface area contributed by atoms with Gasteiger partial charge in [-0.3, -0.25) is 0 Å². The minimum absolute atomic E-state index is 0.566. The van der Waals surface area contributed by atoms with Gasteiger partial charge in [-0.05, 0) is 27.6 Å². The van der Waals surface area contributed by atoms with E-state index in [4.69, 9.17) is 4.52 Å². The van der Waals surface area contributed by atoms with E-state index >= 15 is 0 Å². The molecule has 0 bridgehead atoms. The van der Waals surface area contributed by atoms with Crippen LogP contribution in [-0.4, -0.2) is 13.2 Å². The van der Waals surface area contributed by atoms with E-state index in [9.17, 15) is 0 Å². The quantitative estimate of drug-likeness (QED) is 0.496. The standard InChI is InChI=1S/C9H13INOP/c10-13-12-7-6-11-8-9-4-2-1-3-5-9/h1-5,11,13H,6-8H2. The minimum atomic E-state index is 0.566. The Bertz CT molecular complexity index is 220. The first-order valence-corrected chi connectivity index (χ1v) is 8.18. The van der Waals surface area contributed by atoms with Crippen molar-refractivity contribution in [3.05, 3.63) is 35.9 Å². The van der Waals surface area contributed by atoms with E-state index < -0.39 is 0 Å². The molecule has 0 aliphatic carbocycles. The molecule has 1 aromatic rings. The zero-order chi connectivity index (χ0) is 9.36. The first-order valence-electron chi connectivity index (χ1n) is 4.15. The molecule has 4 heteroatoms. The van der Waals surface area contributed by atoms with Gasteiger partial charge in [0.2, 0.25) is 0 Å². The lowest BCUT2D eigenvalue weighted by atomic mass is 10.2. The highest BCUT2D eigenvalue weighted by atomic mass is 127. The minimum Gasteiger partial charge on any atom is -0.350 e. The molecule has 1 rings (SSSR count). The van der Waals surface area contributed by atoms with E-state index in [1.807, 2.05) is 6.07 Å². The monoisotopic (exact) mass is 309 g/mol. The molecule has 0 aliphatic rings. The van der Waals surface area contributed by atoms with Crippen LogP contribution in [0.1, 0.15) is 5.56 Å². The van der Waals surface area contributed by atoms with Crippen LogP contribution in [0.15, 0.2) is 30.3 Å². The van der Waals surface area contributed by atoms with Gasteiger partial charge in [-0.15, -0.1) is 0 Å². The van der Waals surface area contributed by atoms with Crippen molar-refractivity contribution < 1.29 is 4.52 Å². The molecule has 0 amide bonds. The van der Waals surface area contributed by atoms with E-state index in [0.717, 1.165) is 19.7 Å². The van der Waals surface area contributed by atoms with Crippen molar-refractivity contribution in [1.29, 1.82) is 0 Å². The molecule has 2 nitrogen and oxygen atoms in total. The van der Waals surface area contributed by atoms with Crippen LogP contribution in [0.3, 0.4) is 0 Å². The largest absolute Gasteiger partial charge is 0.350 e. The maximum Gasteiger partial charge on any atom is 0.0794 e. The van der Waals surface area contributed by atoms with Crippen molar-refractivity contribution in [1.82, 2.24) is 5.32 Å². The SMILES string of the molecule is IPOCCNCc1ccccc1. The van der Waals surface area contributed by atoms with Gasteiger partial charge >= 0.3 is 0 Å². The summed E-state index contributed by atoms with van der Waals surface area (Å²) in [7, 11) is 0. The summed E-state index contributed by atoms with van der Waals surface area (Å²) in [6, 6.07) is 10.4. The second-order valence-corrected chi connectivity index (χ2v) is 4.35. The third kappa shape index (κ3) is 5.57. The van der Waals surface area contributed by atoms with Crippen LogP contribution < -0.4 is 5.32 Å². The van der Waals surface area contributed by atoms with Crippen molar-refractivity contribution in [2.75, 3.05) is 13.2 Å². The lowest BCUT2D eigenvalue weighted by Crippen LogP contribution is -2.17. The highest BCUT2D eigenvalue weighted by Crippen LogP contribution is 2.20. The molecule has 0 aliphatic heterocycles. The zero-order valence-corrected chi connectivity index (χ0v) is 10.5. The molecule has 0 spiro atoms. The van der Waals surface area contributed by atoms with Crippen LogP contribution >= 0.6 is 28.5 Å². The molecule has 0 heterocycles. The summed E-state index contributed by atoms with van der Waals surface area (Å²) in [5.74, 6) is 0. The lowest BCUT2D eigenvalue weighted by molar-refractivity contribution is 0.363. The molecular formula is C9H13INOP. The number of hydrogen-bond acceptors (Lipinski definition) is 2. The van der Waals surface area contributed by atoms with Crippen molar-refractivity contribution in [3.8, 4) is 0 Å². The van der Waals surface area contributed by atoms with Gasteiger partial charge in [-0.2, -0.15) is 0 Å². The first-order chi connectivity index (χ1) is 6.43. The van der Waals surface area contributed by atoms with Gasteiger partial charge in [0.1, 0.15) is 0 Å². The second-order valence-electron chi connectivity index (χ2n) is 2.59. The number of rotatable bonds is 6. The third-order valence-electron chi connectivity index (χ3n) is 1.61. The van der Waals surface area contributed by atoms with Gasteiger partial charge in [0.15, 0.2) is 0 Å². The fourth-order valence-electron chi connectivity index (χ4n) is 0.990. The van der Waals surface area contributed by atoms with E-state index in [1.165, 1.54) is 5.56 Å². The molecule has 72 valence electrons. The number of halogens is 1. The summed E-state index contributed by atoms with van der Waals surface area (Å²) >= 11 is 2.23. The van der Waals surface area contributed by atoms with Gasteiger partial charge < -0.3 is 9.84 Å². The predicted molar refractivity (Wildman–Crippen MR) is 66.4 cm³/mol. The topological polar surface area (TPSA) is 21.3 Å². The smallest absolute Gasteiger partial charge is 0.0794 e. The highest BCUT2D eigenvalue weighted by molar-refractivity contribution is 14.2. The molecule has 0 fully saturated rings. The first kappa shape index (κ1) is 11.4. The van der Waals surface area contributed by atoms with Crippen molar-refractivity contribution in [2.24, 2.45) is 0 Å². The molecule has 0 saturated heterocycles. The summed E-state index contributed by atoms with van der Waals surface area (Å²) in [6.45, 7) is 3.21. The van der Waals surface area contributed by atoms with Gasteiger partial charge in [0, 0.05) is 13.1 Å². The van der Waals surface area contributed by atoms with Crippen molar-refractivity contribution in [3.63, 3.8) is 0 Å². The number of hydrogen-bond donors (Lipinski definition) is 1. The maximum absolute atomic E-state index is 5.22. The lowest BCUT2D eigenvalue weighted by Gasteiger charge is -2.03. The van der Waals surface area contributed by atoms with Gasteiger partial charge in [0.05, 0.1) is 13.1 Å². The Labute approximate surface area is 93.8 Å². The average Bonchev–Trinajstić information content (AvgIpc) is 2.19. The van der Waals surface area contributed by atoms with Crippen LogP contribution in [0.4, 0.5) is 0 Å². The molecule has 0 radical (unpaired) electrons. The van der Waals surface area contributed by atoms with Crippen LogP contribution in [0.25, 0.3) is 0 Å². The molecule has 0 aromatic heterocycles. The molecule has 1 N–H and O–H groups in total. The van der Waals surface area contributed by atoms with Crippen LogP contribution in [-0.2, 0) is 11.1 Å². The fourth-order valence-corrected chi connectivity index (χ4v) is 1.83. The van der Waals surface area contributed by atoms with Gasteiger partial charge in [0.25, 0.3) is 0 Å². The van der Waals surface area contributed by atoms with E-state index in [-0.39, 0.29) is 0 Å². The van der Waals surface area contributed by atoms with Crippen LogP contribution in [0.5, 0.6) is 0 Å². The summed E-state index contributed by atoms with van der Waals surface area (Å²) in [4.78, 5) is 0. The normalized spacial score (nSPS) is 11.2. The number of benzene rings is 1. The van der Waals surface area contributed by atoms with E-state index in [2.05, 4.69) is 51.6 Å². The van der Waals surface area contributed by atoms with Gasteiger partial charge in [-0.25, -0.2) is 0 Å². The molecular weight excluding hydrogens is 296 g/mol. The molecule has 1 unspecified atom stereocenters. The highest BCUT2D eigenvalue weighted by Gasteiger charge is 1.89. The van der Waals surface area contributed by atoms with Crippen molar-refractivity contribution in [2.45, 2.75) is 6.54 Å². The molecule has 13 heavy (non-hydrogen) atoms. The fraction of sp³-hybridized carbons (Fsp3) is 0.333. The van der Waals surface area contributed by atoms with Gasteiger partial charge in [-0.1, -0.05) is 30.3 Å². The summed E-state index contributed by atoms with van der Waals surface area (Å²) < 4.78 is 5.22. The Morgan fingerprint density at radius 1 is 1.31 bits per heavy atom. The Kier molecular flexibility index (Phi) is 6.72. The Morgan fingerprint density at radius 3 is 2.77 bits per heavy atom. The Balaban J connectivity index is 2.07. The van der Waals surface area contributed by atoms with E-state index in [0.29, 0.717) is 6.45 Å². The van der Waals surface area contributed by atoms with Crippen LogP contribution in [0.2, 0.25) is 0 Å². The molecule has 1 atom stereocenters. The summed E-state index contributed by atoms with van der Waals surface area (Å²) in [5.41, 5.74) is 1.32. The van der Waals surface area contributed by atoms with E-state index in [1.54, 1.807) is 0 Å². The van der Waals surface area contributed by atoms with Crippen LogP contribution in [0, 0.1) is 0 Å². The Morgan fingerprint density at radius 2 is 2.08 bits per heavy atom. The summed E-state index contributed by atoms with van der Waals surface area (Å²) in [5, 5.41) is 3.31. The average molecular weight is 309 g/mol. The number of nitrogens with one attached hydrogen (secondary N) is 1. The second kappa shape index (κ2) is 7.68. The summed E-state index contributed by atoms with van der Waals surface area (Å²) in [6.07, 6.45) is 0. The third-order valence-corrected chi connectivity index (χ3v) is 2.85. The Hall–Kier alpha value is 0.300.